The molecule has 0 radical (unpaired) electrons. The van der Waals surface area contributed by atoms with Gasteiger partial charge in [0.25, 0.3) is 5.56 Å². The van der Waals surface area contributed by atoms with Crippen LogP contribution in [0.15, 0.2) is 65.7 Å². The lowest BCUT2D eigenvalue weighted by molar-refractivity contribution is 0.464. The molecule has 0 unspecified atom stereocenters. The molecule has 3 rings (SSSR count). The topological polar surface area (TPSA) is 55.1 Å². The van der Waals surface area contributed by atoms with Crippen LogP contribution in [0.4, 0.5) is 0 Å². The second-order valence-corrected chi connectivity index (χ2v) is 5.36. The molecule has 0 amide bonds. The first kappa shape index (κ1) is 15.0. The third-order valence-electron chi connectivity index (χ3n) is 3.76. The molecule has 0 aliphatic carbocycles. The maximum absolute atomic E-state index is 13.0. The first-order valence-corrected chi connectivity index (χ1v) is 7.66. The Morgan fingerprint density at radius 3 is 2.57 bits per heavy atom. The Morgan fingerprint density at radius 2 is 1.91 bits per heavy atom. The van der Waals surface area contributed by atoms with Gasteiger partial charge in [0, 0.05) is 29.7 Å². The molecule has 3 aromatic rings. The van der Waals surface area contributed by atoms with E-state index in [2.05, 4.69) is 4.98 Å². The van der Waals surface area contributed by atoms with Crippen molar-refractivity contribution in [1.29, 1.82) is 0 Å². The molecule has 1 N–H and O–H groups in total. The van der Waals surface area contributed by atoms with E-state index < -0.39 is 0 Å². The SMILES string of the molecule is CCCc1c(O)cc(-c2cccnc2)n(-c2ccccc2)c1=O. The average Bonchev–Trinajstić information content (AvgIpc) is 2.59. The molecule has 2 aromatic heterocycles. The molecule has 0 atom stereocenters. The van der Waals surface area contributed by atoms with Crippen LogP contribution >= 0.6 is 0 Å². The van der Waals surface area contributed by atoms with E-state index in [-0.39, 0.29) is 11.3 Å². The van der Waals surface area contributed by atoms with Crippen LogP contribution in [0.25, 0.3) is 16.9 Å². The summed E-state index contributed by atoms with van der Waals surface area (Å²) in [5.74, 6) is 0.0443. The number of benzene rings is 1. The van der Waals surface area contributed by atoms with Crippen molar-refractivity contribution in [3.63, 3.8) is 0 Å². The van der Waals surface area contributed by atoms with Gasteiger partial charge in [0.2, 0.25) is 0 Å². The molecule has 23 heavy (non-hydrogen) atoms. The number of hydrogen-bond acceptors (Lipinski definition) is 3. The second kappa shape index (κ2) is 6.48. The molecule has 0 saturated heterocycles. The summed E-state index contributed by atoms with van der Waals surface area (Å²) in [6.45, 7) is 1.99. The van der Waals surface area contributed by atoms with E-state index in [4.69, 9.17) is 0 Å². The highest BCUT2D eigenvalue weighted by Crippen LogP contribution is 2.26. The molecule has 4 heteroatoms. The van der Waals surface area contributed by atoms with Crippen molar-refractivity contribution in [2.45, 2.75) is 19.8 Å². The van der Waals surface area contributed by atoms with Crippen molar-refractivity contribution in [3.05, 3.63) is 76.8 Å². The minimum absolute atomic E-state index is 0.0443. The summed E-state index contributed by atoms with van der Waals surface area (Å²) < 4.78 is 1.64. The normalized spacial score (nSPS) is 10.7. The van der Waals surface area contributed by atoms with Crippen molar-refractivity contribution in [3.8, 4) is 22.7 Å². The lowest BCUT2D eigenvalue weighted by atomic mass is 10.1. The van der Waals surface area contributed by atoms with E-state index >= 15 is 0 Å². The number of hydrogen-bond donors (Lipinski definition) is 1. The Kier molecular flexibility index (Phi) is 4.24. The molecule has 1 aromatic carbocycles. The highest BCUT2D eigenvalue weighted by molar-refractivity contribution is 5.64. The Balaban J connectivity index is 2.33. The first-order valence-electron chi connectivity index (χ1n) is 7.66. The van der Waals surface area contributed by atoms with Crippen molar-refractivity contribution in [2.24, 2.45) is 0 Å². The number of aromatic nitrogens is 2. The fraction of sp³-hybridized carbons (Fsp3) is 0.158. The highest BCUT2D eigenvalue weighted by Gasteiger charge is 2.16. The fourth-order valence-electron chi connectivity index (χ4n) is 2.68. The van der Waals surface area contributed by atoms with Gasteiger partial charge in [0.05, 0.1) is 11.3 Å². The van der Waals surface area contributed by atoms with Crippen LogP contribution in [0.2, 0.25) is 0 Å². The molecular formula is C19H18N2O2. The summed E-state index contributed by atoms with van der Waals surface area (Å²) in [6.07, 6.45) is 4.71. The van der Waals surface area contributed by atoms with Crippen LogP contribution in [0.1, 0.15) is 18.9 Å². The molecule has 0 fully saturated rings. The molecule has 0 aliphatic heterocycles. The van der Waals surface area contributed by atoms with Crippen molar-refractivity contribution in [2.75, 3.05) is 0 Å². The predicted octanol–water partition coefficient (Wildman–Crippen LogP) is 3.56. The maximum atomic E-state index is 13.0. The Hall–Kier alpha value is -2.88. The van der Waals surface area contributed by atoms with Crippen LogP contribution < -0.4 is 5.56 Å². The predicted molar refractivity (Wildman–Crippen MR) is 90.9 cm³/mol. The van der Waals surface area contributed by atoms with Gasteiger partial charge in [-0.05, 0) is 30.7 Å². The van der Waals surface area contributed by atoms with Crippen LogP contribution in [0.3, 0.4) is 0 Å². The van der Waals surface area contributed by atoms with Gasteiger partial charge in [-0.25, -0.2) is 0 Å². The van der Waals surface area contributed by atoms with E-state index in [0.717, 1.165) is 17.7 Å². The summed E-state index contributed by atoms with van der Waals surface area (Å²) in [4.78, 5) is 17.1. The molecule has 116 valence electrons. The van der Waals surface area contributed by atoms with Gasteiger partial charge in [0.1, 0.15) is 5.75 Å². The molecular weight excluding hydrogens is 288 g/mol. The van der Waals surface area contributed by atoms with Gasteiger partial charge in [-0.1, -0.05) is 31.5 Å². The van der Waals surface area contributed by atoms with Crippen LogP contribution in [0, 0.1) is 0 Å². The molecule has 0 saturated carbocycles. The third kappa shape index (κ3) is 2.88. The third-order valence-corrected chi connectivity index (χ3v) is 3.76. The summed E-state index contributed by atoms with van der Waals surface area (Å²) in [6, 6.07) is 14.8. The van der Waals surface area contributed by atoms with E-state index in [9.17, 15) is 9.90 Å². The van der Waals surface area contributed by atoms with Gasteiger partial charge < -0.3 is 5.11 Å². The highest BCUT2D eigenvalue weighted by atomic mass is 16.3. The fourth-order valence-corrected chi connectivity index (χ4v) is 2.68. The van der Waals surface area contributed by atoms with Gasteiger partial charge in [-0.2, -0.15) is 0 Å². The van der Waals surface area contributed by atoms with Crippen molar-refractivity contribution in [1.82, 2.24) is 9.55 Å². The van der Waals surface area contributed by atoms with E-state index in [1.54, 1.807) is 23.0 Å². The lowest BCUT2D eigenvalue weighted by Gasteiger charge is -2.16. The van der Waals surface area contributed by atoms with E-state index in [1.165, 1.54) is 0 Å². The zero-order chi connectivity index (χ0) is 16.2. The summed E-state index contributed by atoms with van der Waals surface area (Å²) in [5, 5.41) is 10.3. The zero-order valence-electron chi connectivity index (χ0n) is 12.9. The largest absolute Gasteiger partial charge is 0.507 e. The molecule has 0 spiro atoms. The standard InChI is InChI=1S/C19H18N2O2/c1-2-7-16-18(22)12-17(14-8-6-11-20-13-14)21(19(16)23)15-9-4-3-5-10-15/h3-6,8-13,22H,2,7H2,1H3. The quantitative estimate of drug-likeness (QED) is 0.802. The maximum Gasteiger partial charge on any atom is 0.262 e. The van der Waals surface area contributed by atoms with Gasteiger partial charge in [0.15, 0.2) is 0 Å². The van der Waals surface area contributed by atoms with Crippen LogP contribution in [-0.2, 0) is 6.42 Å². The number of pyridine rings is 2. The van der Waals surface area contributed by atoms with Crippen LogP contribution in [0.5, 0.6) is 5.75 Å². The molecule has 4 nitrogen and oxygen atoms in total. The number of para-hydroxylation sites is 1. The second-order valence-electron chi connectivity index (χ2n) is 5.36. The Morgan fingerprint density at radius 1 is 1.13 bits per heavy atom. The monoisotopic (exact) mass is 306 g/mol. The minimum Gasteiger partial charge on any atom is -0.507 e. The molecule has 0 bridgehead atoms. The zero-order valence-corrected chi connectivity index (χ0v) is 12.9. The van der Waals surface area contributed by atoms with Gasteiger partial charge >= 0.3 is 0 Å². The Bertz CT molecular complexity index is 856. The van der Waals surface area contributed by atoms with E-state index in [0.29, 0.717) is 17.7 Å². The number of aromatic hydroxyl groups is 1. The lowest BCUT2D eigenvalue weighted by Crippen LogP contribution is -2.24. The number of rotatable bonds is 4. The smallest absolute Gasteiger partial charge is 0.262 e. The van der Waals surface area contributed by atoms with Crippen molar-refractivity contribution >= 4 is 0 Å². The van der Waals surface area contributed by atoms with Crippen LogP contribution in [-0.4, -0.2) is 14.7 Å². The summed E-state index contributed by atoms with van der Waals surface area (Å²) in [5.41, 5.74) is 2.45. The molecule has 2 heterocycles. The molecule has 0 aliphatic rings. The first-order chi connectivity index (χ1) is 11.2. The van der Waals surface area contributed by atoms with Gasteiger partial charge in [-0.15, -0.1) is 0 Å². The van der Waals surface area contributed by atoms with Gasteiger partial charge in [-0.3, -0.25) is 14.3 Å². The van der Waals surface area contributed by atoms with Crippen molar-refractivity contribution < 1.29 is 5.11 Å². The minimum atomic E-state index is -0.183. The average molecular weight is 306 g/mol. The Labute approximate surface area is 134 Å². The summed E-state index contributed by atoms with van der Waals surface area (Å²) >= 11 is 0. The summed E-state index contributed by atoms with van der Waals surface area (Å²) in [7, 11) is 0. The number of nitrogens with zero attached hydrogens (tertiary/aromatic N) is 2. The van der Waals surface area contributed by atoms with E-state index in [1.807, 2.05) is 49.4 Å².